The molecule has 2 aromatic heterocycles. The molecule has 0 saturated heterocycles. The first kappa shape index (κ1) is 10.3. The summed E-state index contributed by atoms with van der Waals surface area (Å²) in [6.07, 6.45) is 5.15. The van der Waals surface area contributed by atoms with E-state index in [-0.39, 0.29) is 0 Å². The van der Waals surface area contributed by atoms with Crippen LogP contribution < -0.4 is 0 Å². The van der Waals surface area contributed by atoms with Crippen LogP contribution in [0.25, 0.3) is 22.4 Å². The van der Waals surface area contributed by atoms with Gasteiger partial charge in [0.05, 0.1) is 11.4 Å². The molecule has 4 heteroatoms. The van der Waals surface area contributed by atoms with Crippen molar-refractivity contribution in [2.75, 3.05) is 0 Å². The number of fused-ring (bicyclic) bond motifs is 1. The van der Waals surface area contributed by atoms with Gasteiger partial charge in [0.2, 0.25) is 0 Å². The minimum atomic E-state index is 0.423. The minimum absolute atomic E-state index is 0.423. The van der Waals surface area contributed by atoms with Gasteiger partial charge in [-0.05, 0) is 6.07 Å². The summed E-state index contributed by atoms with van der Waals surface area (Å²) in [6, 6.07) is 7.82. The minimum Gasteiger partial charge on any atom is -0.464 e. The fourth-order valence-corrected chi connectivity index (χ4v) is 1.85. The standard InChI is InChI=1S/C13H9ClN2O/c14-5-9-6-15-13(16-7-9)11-8-17-12-4-2-1-3-10(11)12/h1-4,6-8H,5H2. The molecule has 3 rings (SSSR count). The van der Waals surface area contributed by atoms with Crippen molar-refractivity contribution >= 4 is 22.6 Å². The summed E-state index contributed by atoms with van der Waals surface area (Å²) in [6.45, 7) is 0. The van der Waals surface area contributed by atoms with Crippen molar-refractivity contribution in [2.45, 2.75) is 5.88 Å². The molecule has 0 unspecified atom stereocenters. The molecule has 0 radical (unpaired) electrons. The quantitative estimate of drug-likeness (QED) is 0.646. The van der Waals surface area contributed by atoms with Gasteiger partial charge in [0.1, 0.15) is 11.8 Å². The van der Waals surface area contributed by atoms with Crippen LogP contribution in [0.2, 0.25) is 0 Å². The molecule has 3 nitrogen and oxygen atoms in total. The third-order valence-corrected chi connectivity index (χ3v) is 2.89. The topological polar surface area (TPSA) is 38.9 Å². The monoisotopic (exact) mass is 244 g/mol. The second-order valence-corrected chi connectivity index (χ2v) is 3.96. The molecule has 0 aliphatic rings. The molecule has 17 heavy (non-hydrogen) atoms. The summed E-state index contributed by atoms with van der Waals surface area (Å²) in [4.78, 5) is 8.57. The van der Waals surface area contributed by atoms with Crippen molar-refractivity contribution in [1.29, 1.82) is 0 Å². The molecule has 0 saturated carbocycles. The van der Waals surface area contributed by atoms with Crippen molar-refractivity contribution in [3.8, 4) is 11.4 Å². The van der Waals surface area contributed by atoms with E-state index in [0.29, 0.717) is 11.7 Å². The molecule has 1 aromatic carbocycles. The summed E-state index contributed by atoms with van der Waals surface area (Å²) in [5.74, 6) is 1.08. The summed E-state index contributed by atoms with van der Waals surface area (Å²) >= 11 is 5.70. The van der Waals surface area contributed by atoms with Gasteiger partial charge in [0, 0.05) is 23.3 Å². The number of furan rings is 1. The van der Waals surface area contributed by atoms with Gasteiger partial charge in [-0.3, -0.25) is 0 Å². The lowest BCUT2D eigenvalue weighted by atomic mass is 10.1. The van der Waals surface area contributed by atoms with E-state index in [9.17, 15) is 0 Å². The predicted molar refractivity (Wildman–Crippen MR) is 66.8 cm³/mol. The summed E-state index contributed by atoms with van der Waals surface area (Å²) in [5, 5.41) is 1.02. The predicted octanol–water partition coefficient (Wildman–Crippen LogP) is 3.63. The van der Waals surface area contributed by atoms with Gasteiger partial charge >= 0.3 is 0 Å². The highest BCUT2D eigenvalue weighted by Crippen LogP contribution is 2.27. The van der Waals surface area contributed by atoms with E-state index in [1.807, 2.05) is 24.3 Å². The maximum absolute atomic E-state index is 5.70. The van der Waals surface area contributed by atoms with Crippen LogP contribution in [0.5, 0.6) is 0 Å². The Morgan fingerprint density at radius 1 is 1.12 bits per heavy atom. The van der Waals surface area contributed by atoms with E-state index in [2.05, 4.69) is 9.97 Å². The van der Waals surface area contributed by atoms with Crippen LogP contribution in [0.1, 0.15) is 5.56 Å². The molecule has 0 amide bonds. The highest BCUT2D eigenvalue weighted by atomic mass is 35.5. The number of hydrogen-bond donors (Lipinski definition) is 0. The number of halogens is 1. The number of rotatable bonds is 2. The Morgan fingerprint density at radius 3 is 2.65 bits per heavy atom. The van der Waals surface area contributed by atoms with Crippen LogP contribution >= 0.6 is 11.6 Å². The van der Waals surface area contributed by atoms with Crippen molar-refractivity contribution in [1.82, 2.24) is 9.97 Å². The summed E-state index contributed by atoms with van der Waals surface area (Å²) in [5.41, 5.74) is 2.65. The summed E-state index contributed by atoms with van der Waals surface area (Å²) in [7, 11) is 0. The number of nitrogens with zero attached hydrogens (tertiary/aromatic N) is 2. The van der Waals surface area contributed by atoms with E-state index in [1.165, 1.54) is 0 Å². The zero-order chi connectivity index (χ0) is 11.7. The molecule has 0 atom stereocenters. The lowest BCUT2D eigenvalue weighted by Crippen LogP contribution is -1.89. The lowest BCUT2D eigenvalue weighted by molar-refractivity contribution is 0.616. The Labute approximate surface area is 103 Å². The molecule has 0 bridgehead atoms. The van der Waals surface area contributed by atoms with Gasteiger partial charge in [0.25, 0.3) is 0 Å². The molecule has 0 spiro atoms. The van der Waals surface area contributed by atoms with E-state index >= 15 is 0 Å². The average Bonchev–Trinajstić information content (AvgIpc) is 2.83. The van der Waals surface area contributed by atoms with E-state index in [0.717, 1.165) is 22.1 Å². The zero-order valence-electron chi connectivity index (χ0n) is 8.93. The van der Waals surface area contributed by atoms with Gasteiger partial charge in [0.15, 0.2) is 5.82 Å². The average molecular weight is 245 g/mol. The fraction of sp³-hybridized carbons (Fsp3) is 0.0769. The van der Waals surface area contributed by atoms with Gasteiger partial charge < -0.3 is 4.42 Å². The number of hydrogen-bond acceptors (Lipinski definition) is 3. The second kappa shape index (κ2) is 4.18. The smallest absolute Gasteiger partial charge is 0.163 e. The molecule has 84 valence electrons. The lowest BCUT2D eigenvalue weighted by Gasteiger charge is -1.98. The first-order valence-electron chi connectivity index (χ1n) is 5.22. The van der Waals surface area contributed by atoms with E-state index in [4.69, 9.17) is 16.0 Å². The largest absolute Gasteiger partial charge is 0.464 e. The molecule has 0 N–H and O–H groups in total. The number of aromatic nitrogens is 2. The third-order valence-electron chi connectivity index (χ3n) is 2.58. The normalized spacial score (nSPS) is 10.9. The Bertz CT molecular complexity index is 646. The van der Waals surface area contributed by atoms with Gasteiger partial charge in [-0.2, -0.15) is 0 Å². The SMILES string of the molecule is ClCc1cnc(-c2coc3ccccc23)nc1. The number of para-hydroxylation sites is 1. The Morgan fingerprint density at radius 2 is 1.88 bits per heavy atom. The van der Waals surface area contributed by atoms with Crippen LogP contribution in [-0.4, -0.2) is 9.97 Å². The van der Waals surface area contributed by atoms with Crippen LogP contribution in [0.15, 0.2) is 47.3 Å². The third kappa shape index (κ3) is 1.78. The van der Waals surface area contributed by atoms with Crippen molar-refractivity contribution < 1.29 is 4.42 Å². The Hall–Kier alpha value is -1.87. The highest BCUT2D eigenvalue weighted by Gasteiger charge is 2.09. The number of benzene rings is 1. The molecule has 2 heterocycles. The van der Waals surface area contributed by atoms with Crippen molar-refractivity contribution in [2.24, 2.45) is 0 Å². The molecule has 0 fully saturated rings. The van der Waals surface area contributed by atoms with Crippen LogP contribution in [0.3, 0.4) is 0 Å². The molecule has 0 aliphatic heterocycles. The maximum Gasteiger partial charge on any atom is 0.163 e. The zero-order valence-corrected chi connectivity index (χ0v) is 9.69. The fourth-order valence-electron chi connectivity index (χ4n) is 1.71. The molecular weight excluding hydrogens is 236 g/mol. The van der Waals surface area contributed by atoms with Gasteiger partial charge in [-0.15, -0.1) is 11.6 Å². The van der Waals surface area contributed by atoms with Crippen LogP contribution in [0, 0.1) is 0 Å². The number of alkyl halides is 1. The van der Waals surface area contributed by atoms with Crippen LogP contribution in [0.4, 0.5) is 0 Å². The van der Waals surface area contributed by atoms with Gasteiger partial charge in [-0.1, -0.05) is 18.2 Å². The van der Waals surface area contributed by atoms with Crippen molar-refractivity contribution in [3.63, 3.8) is 0 Å². The Kier molecular flexibility index (Phi) is 2.53. The maximum atomic E-state index is 5.70. The molecular formula is C13H9ClN2O. The highest BCUT2D eigenvalue weighted by molar-refractivity contribution is 6.17. The van der Waals surface area contributed by atoms with Crippen molar-refractivity contribution in [3.05, 3.63) is 48.5 Å². The molecule has 0 aliphatic carbocycles. The molecule has 3 aromatic rings. The summed E-state index contributed by atoms with van der Waals surface area (Å²) < 4.78 is 5.45. The first-order chi connectivity index (χ1) is 8.38. The first-order valence-corrected chi connectivity index (χ1v) is 5.75. The van der Waals surface area contributed by atoms with Gasteiger partial charge in [-0.25, -0.2) is 9.97 Å². The second-order valence-electron chi connectivity index (χ2n) is 3.69. The Balaban J connectivity index is 2.13. The van der Waals surface area contributed by atoms with E-state index < -0.39 is 0 Å². The van der Waals surface area contributed by atoms with E-state index in [1.54, 1.807) is 18.7 Å². The van der Waals surface area contributed by atoms with Crippen LogP contribution in [-0.2, 0) is 5.88 Å².